The first-order valence-corrected chi connectivity index (χ1v) is 10.3. The number of aryl methyl sites for hydroxylation is 1. The van der Waals surface area contributed by atoms with Gasteiger partial charge in [-0.15, -0.1) is 0 Å². The molecule has 0 saturated carbocycles. The van der Waals surface area contributed by atoms with Crippen molar-refractivity contribution in [2.45, 2.75) is 32.6 Å². The van der Waals surface area contributed by atoms with Crippen LogP contribution in [0, 0.1) is 0 Å². The molecular weight excluding hydrogens is 362 g/mol. The number of benzene rings is 2. The fourth-order valence-electron chi connectivity index (χ4n) is 4.18. The molecular formula is C24H27N3O2. The fraction of sp³-hybridized carbons (Fsp3) is 0.333. The van der Waals surface area contributed by atoms with Crippen LogP contribution in [0.2, 0.25) is 0 Å². The predicted molar refractivity (Wildman–Crippen MR) is 116 cm³/mol. The summed E-state index contributed by atoms with van der Waals surface area (Å²) in [5, 5.41) is 1.19. The number of nitrogens with zero attached hydrogens (tertiary/aromatic N) is 2. The zero-order valence-corrected chi connectivity index (χ0v) is 16.9. The van der Waals surface area contributed by atoms with Crippen LogP contribution < -0.4 is 4.90 Å². The molecule has 0 radical (unpaired) electrons. The van der Waals surface area contributed by atoms with Gasteiger partial charge in [0.05, 0.1) is 0 Å². The SMILES string of the molecule is CC(=O)N(CCC(=O)N1CCCc2ccccc21)CCc1c[nH]c2ccccc12. The Kier molecular flexibility index (Phi) is 5.65. The third-order valence-corrected chi connectivity index (χ3v) is 5.78. The monoisotopic (exact) mass is 389 g/mol. The zero-order valence-electron chi connectivity index (χ0n) is 16.9. The van der Waals surface area contributed by atoms with Crippen LogP contribution >= 0.6 is 0 Å². The van der Waals surface area contributed by atoms with Gasteiger partial charge in [-0.25, -0.2) is 0 Å². The fourth-order valence-corrected chi connectivity index (χ4v) is 4.18. The van der Waals surface area contributed by atoms with Crippen LogP contribution in [0.1, 0.15) is 30.9 Å². The minimum Gasteiger partial charge on any atom is -0.361 e. The van der Waals surface area contributed by atoms with Crippen molar-refractivity contribution in [3.05, 3.63) is 65.9 Å². The van der Waals surface area contributed by atoms with Crippen LogP contribution in [0.3, 0.4) is 0 Å². The van der Waals surface area contributed by atoms with Crippen molar-refractivity contribution in [3.63, 3.8) is 0 Å². The van der Waals surface area contributed by atoms with Crippen LogP contribution in [-0.2, 0) is 22.4 Å². The highest BCUT2D eigenvalue weighted by Gasteiger charge is 2.22. The molecule has 5 heteroatoms. The van der Waals surface area contributed by atoms with Gasteiger partial charge in [0.25, 0.3) is 0 Å². The second kappa shape index (κ2) is 8.52. The van der Waals surface area contributed by atoms with Crippen LogP contribution in [-0.4, -0.2) is 41.3 Å². The lowest BCUT2D eigenvalue weighted by atomic mass is 10.0. The molecule has 0 aliphatic carbocycles. The highest BCUT2D eigenvalue weighted by atomic mass is 16.2. The molecule has 2 amide bonds. The average molecular weight is 389 g/mol. The summed E-state index contributed by atoms with van der Waals surface area (Å²) in [7, 11) is 0. The van der Waals surface area contributed by atoms with E-state index >= 15 is 0 Å². The highest BCUT2D eigenvalue weighted by molar-refractivity contribution is 5.95. The molecule has 29 heavy (non-hydrogen) atoms. The molecule has 2 aromatic carbocycles. The number of anilines is 1. The molecule has 0 bridgehead atoms. The van der Waals surface area contributed by atoms with E-state index in [1.807, 2.05) is 41.4 Å². The smallest absolute Gasteiger partial charge is 0.228 e. The Morgan fingerprint density at radius 1 is 1.07 bits per heavy atom. The Labute approximate surface area is 171 Å². The minimum absolute atomic E-state index is 0.0108. The Morgan fingerprint density at radius 2 is 1.86 bits per heavy atom. The van der Waals surface area contributed by atoms with Gasteiger partial charge in [-0.2, -0.15) is 0 Å². The van der Waals surface area contributed by atoms with E-state index in [1.54, 1.807) is 11.8 Å². The second-order valence-corrected chi connectivity index (χ2v) is 7.64. The van der Waals surface area contributed by atoms with Crippen molar-refractivity contribution in [3.8, 4) is 0 Å². The Balaban J connectivity index is 1.38. The first-order valence-electron chi connectivity index (χ1n) is 10.3. The largest absolute Gasteiger partial charge is 0.361 e. The molecule has 0 spiro atoms. The number of rotatable bonds is 6. The van der Waals surface area contributed by atoms with Crippen molar-refractivity contribution < 1.29 is 9.59 Å². The number of hydrogen-bond donors (Lipinski definition) is 1. The molecule has 2 heterocycles. The molecule has 1 aliphatic heterocycles. The number of para-hydroxylation sites is 2. The number of carbonyl (C=O) groups excluding carboxylic acids is 2. The lowest BCUT2D eigenvalue weighted by Gasteiger charge is -2.30. The van der Waals surface area contributed by atoms with E-state index in [1.165, 1.54) is 16.5 Å². The molecule has 0 saturated heterocycles. The van der Waals surface area contributed by atoms with Gasteiger partial charge in [0.2, 0.25) is 11.8 Å². The molecule has 1 aromatic heterocycles. The molecule has 150 valence electrons. The lowest BCUT2D eigenvalue weighted by Crippen LogP contribution is -2.39. The normalized spacial score (nSPS) is 13.3. The number of aromatic nitrogens is 1. The number of carbonyl (C=O) groups is 2. The van der Waals surface area contributed by atoms with Gasteiger partial charge in [-0.05, 0) is 42.5 Å². The van der Waals surface area contributed by atoms with E-state index in [2.05, 4.69) is 23.2 Å². The third kappa shape index (κ3) is 4.19. The highest BCUT2D eigenvalue weighted by Crippen LogP contribution is 2.27. The number of fused-ring (bicyclic) bond motifs is 2. The van der Waals surface area contributed by atoms with Gasteiger partial charge in [-0.1, -0.05) is 36.4 Å². The Hall–Kier alpha value is -3.08. The minimum atomic E-state index is 0.0108. The second-order valence-electron chi connectivity index (χ2n) is 7.64. The topological polar surface area (TPSA) is 56.4 Å². The molecule has 0 atom stereocenters. The van der Waals surface area contributed by atoms with E-state index in [-0.39, 0.29) is 11.8 Å². The van der Waals surface area contributed by atoms with Gasteiger partial charge in [-0.3, -0.25) is 9.59 Å². The standard InChI is InChI=1S/C24H27N3O2/c1-18(28)26(15-12-20-17-25-22-10-4-3-9-21(20)22)16-13-24(29)27-14-6-8-19-7-2-5-11-23(19)27/h2-5,7,9-11,17,25H,6,8,12-16H2,1H3. The molecule has 1 aliphatic rings. The molecule has 1 N–H and O–H groups in total. The number of aromatic amines is 1. The first-order chi connectivity index (χ1) is 14.1. The van der Waals surface area contributed by atoms with Gasteiger partial charge in [0.15, 0.2) is 0 Å². The van der Waals surface area contributed by atoms with E-state index < -0.39 is 0 Å². The summed E-state index contributed by atoms with van der Waals surface area (Å²) in [6, 6.07) is 16.3. The summed E-state index contributed by atoms with van der Waals surface area (Å²) in [4.78, 5) is 32.0. The number of hydrogen-bond acceptors (Lipinski definition) is 2. The van der Waals surface area contributed by atoms with Crippen molar-refractivity contribution in [1.82, 2.24) is 9.88 Å². The van der Waals surface area contributed by atoms with Crippen molar-refractivity contribution in [1.29, 1.82) is 0 Å². The Bertz CT molecular complexity index is 1020. The van der Waals surface area contributed by atoms with Gasteiger partial charge >= 0.3 is 0 Å². The Morgan fingerprint density at radius 3 is 2.72 bits per heavy atom. The maximum atomic E-state index is 12.9. The van der Waals surface area contributed by atoms with Gasteiger partial charge in [0, 0.05) is 55.8 Å². The van der Waals surface area contributed by atoms with Crippen molar-refractivity contribution >= 4 is 28.4 Å². The summed E-state index contributed by atoms with van der Waals surface area (Å²) in [6.07, 6.45) is 5.13. The summed E-state index contributed by atoms with van der Waals surface area (Å²) < 4.78 is 0. The van der Waals surface area contributed by atoms with Crippen LogP contribution in [0.25, 0.3) is 10.9 Å². The van der Waals surface area contributed by atoms with E-state index in [4.69, 9.17) is 0 Å². The maximum Gasteiger partial charge on any atom is 0.228 e. The number of H-pyrrole nitrogens is 1. The van der Waals surface area contributed by atoms with Crippen LogP contribution in [0.4, 0.5) is 5.69 Å². The lowest BCUT2D eigenvalue weighted by molar-refractivity contribution is -0.129. The summed E-state index contributed by atoms with van der Waals surface area (Å²) in [5.74, 6) is 0.104. The maximum absolute atomic E-state index is 12.9. The van der Waals surface area contributed by atoms with Crippen molar-refractivity contribution in [2.24, 2.45) is 0 Å². The van der Waals surface area contributed by atoms with Crippen molar-refractivity contribution in [2.75, 3.05) is 24.5 Å². The molecule has 3 aromatic rings. The van der Waals surface area contributed by atoms with Crippen LogP contribution in [0.5, 0.6) is 0 Å². The van der Waals surface area contributed by atoms with E-state index in [9.17, 15) is 9.59 Å². The van der Waals surface area contributed by atoms with E-state index in [0.29, 0.717) is 19.5 Å². The predicted octanol–water partition coefficient (Wildman–Crippen LogP) is 3.93. The molecule has 5 nitrogen and oxygen atoms in total. The first kappa shape index (κ1) is 19.2. The number of amides is 2. The zero-order chi connectivity index (χ0) is 20.2. The number of nitrogens with one attached hydrogen (secondary N) is 1. The van der Waals surface area contributed by atoms with Crippen LogP contribution in [0.15, 0.2) is 54.7 Å². The molecule has 4 rings (SSSR count). The van der Waals surface area contributed by atoms with Gasteiger partial charge < -0.3 is 14.8 Å². The average Bonchev–Trinajstić information content (AvgIpc) is 3.16. The van der Waals surface area contributed by atoms with E-state index in [0.717, 1.165) is 37.0 Å². The quantitative estimate of drug-likeness (QED) is 0.694. The summed E-state index contributed by atoms with van der Waals surface area (Å²) >= 11 is 0. The third-order valence-electron chi connectivity index (χ3n) is 5.78. The van der Waals surface area contributed by atoms with Gasteiger partial charge in [0.1, 0.15) is 0 Å². The molecule has 0 fully saturated rings. The summed E-state index contributed by atoms with van der Waals surface area (Å²) in [6.45, 7) is 3.40. The molecule has 0 unspecified atom stereocenters. The summed E-state index contributed by atoms with van der Waals surface area (Å²) in [5.41, 5.74) is 4.56.